The van der Waals surface area contributed by atoms with Crippen molar-refractivity contribution >= 4 is 35.5 Å². The van der Waals surface area contributed by atoms with E-state index in [2.05, 4.69) is 25.5 Å². The molecule has 1 saturated heterocycles. The Labute approximate surface area is 169 Å². The predicted octanol–water partition coefficient (Wildman–Crippen LogP) is 3.96. The maximum atomic E-state index is 15.0. The number of fused-ring (bicyclic) bond motifs is 3. The summed E-state index contributed by atoms with van der Waals surface area (Å²) in [6, 6.07) is 4.58. The van der Waals surface area contributed by atoms with Gasteiger partial charge in [0.25, 0.3) is 0 Å². The Kier molecular flexibility index (Phi) is 6.00. The van der Waals surface area contributed by atoms with E-state index >= 15 is 4.39 Å². The van der Waals surface area contributed by atoms with Crippen LogP contribution in [0, 0.1) is 5.82 Å². The van der Waals surface area contributed by atoms with Crippen molar-refractivity contribution in [3.63, 3.8) is 0 Å². The summed E-state index contributed by atoms with van der Waals surface area (Å²) in [7, 11) is 0. The van der Waals surface area contributed by atoms with Crippen molar-refractivity contribution in [2.24, 2.45) is 0 Å². The molecule has 0 radical (unpaired) electrons. The lowest BCUT2D eigenvalue weighted by molar-refractivity contribution is -0.144. The molecule has 5 nitrogen and oxygen atoms in total. The first-order chi connectivity index (χ1) is 12.8. The largest absolute Gasteiger partial charge is 0.451 e. The molecule has 2 aromatic rings. The van der Waals surface area contributed by atoms with Crippen LogP contribution in [0.15, 0.2) is 18.2 Å². The van der Waals surface area contributed by atoms with Crippen molar-refractivity contribution in [3.05, 3.63) is 46.1 Å². The summed E-state index contributed by atoms with van der Waals surface area (Å²) in [5.74, 6) is -2.06. The highest BCUT2D eigenvalue weighted by molar-refractivity contribution is 6.29. The zero-order chi connectivity index (χ0) is 19.2. The van der Waals surface area contributed by atoms with Gasteiger partial charge in [-0.05, 0) is 23.6 Å². The smallest absolute Gasteiger partial charge is 0.338 e. The van der Waals surface area contributed by atoms with Gasteiger partial charge in [-0.1, -0.05) is 17.7 Å². The number of hydrogen-bond donors (Lipinski definition) is 2. The highest BCUT2D eigenvalue weighted by Gasteiger charge is 2.36. The van der Waals surface area contributed by atoms with Gasteiger partial charge < -0.3 is 10.6 Å². The van der Waals surface area contributed by atoms with Crippen molar-refractivity contribution in [1.29, 1.82) is 0 Å². The molecule has 1 fully saturated rings. The van der Waals surface area contributed by atoms with Gasteiger partial charge in [0.15, 0.2) is 0 Å². The van der Waals surface area contributed by atoms with Gasteiger partial charge in [-0.3, -0.25) is 4.90 Å². The van der Waals surface area contributed by atoms with E-state index in [4.69, 9.17) is 11.6 Å². The van der Waals surface area contributed by atoms with E-state index in [1.165, 1.54) is 6.07 Å². The van der Waals surface area contributed by atoms with E-state index in [1.54, 1.807) is 0 Å². The number of anilines is 2. The third-order valence-corrected chi connectivity index (χ3v) is 5.05. The third-order valence-electron chi connectivity index (χ3n) is 4.85. The molecule has 28 heavy (non-hydrogen) atoms. The van der Waals surface area contributed by atoms with Gasteiger partial charge in [-0.15, -0.1) is 12.4 Å². The van der Waals surface area contributed by atoms with Gasteiger partial charge in [0.05, 0.1) is 5.69 Å². The second kappa shape index (κ2) is 7.98. The van der Waals surface area contributed by atoms with Crippen LogP contribution < -0.4 is 10.6 Å². The van der Waals surface area contributed by atoms with Crippen molar-refractivity contribution < 1.29 is 17.6 Å². The number of aromatic nitrogens is 2. The van der Waals surface area contributed by atoms with Crippen LogP contribution >= 0.6 is 24.0 Å². The Morgan fingerprint density at radius 3 is 2.75 bits per heavy atom. The van der Waals surface area contributed by atoms with Crippen LogP contribution in [-0.2, 0) is 12.6 Å². The topological polar surface area (TPSA) is 53.1 Å². The van der Waals surface area contributed by atoms with Crippen molar-refractivity contribution in [2.45, 2.75) is 18.6 Å². The van der Waals surface area contributed by atoms with Gasteiger partial charge >= 0.3 is 6.18 Å². The van der Waals surface area contributed by atoms with Crippen LogP contribution in [-0.4, -0.2) is 41.0 Å². The minimum atomic E-state index is -4.74. The van der Waals surface area contributed by atoms with Crippen molar-refractivity contribution in [2.75, 3.05) is 31.5 Å². The normalized spacial score (nSPS) is 19.4. The standard InChI is InChI=1S/C17H16ClF4N5.ClH/c18-13-7-14(26-16(25-13)17(20,21)22)24-11-2-1-9-10(15(11)19)3-5-27-6-4-23-8-12(9)27;/h1-2,7,12,23H,3-6,8H2,(H,24,25,26);1H. The molecular formula is C17H17Cl2F4N5. The lowest BCUT2D eigenvalue weighted by atomic mass is 9.90. The van der Waals surface area contributed by atoms with Crippen LogP contribution in [0.2, 0.25) is 5.15 Å². The third kappa shape index (κ3) is 4.03. The van der Waals surface area contributed by atoms with Gasteiger partial charge in [0, 0.05) is 38.3 Å². The number of nitrogens with zero attached hydrogens (tertiary/aromatic N) is 3. The van der Waals surface area contributed by atoms with E-state index in [0.717, 1.165) is 37.8 Å². The highest BCUT2D eigenvalue weighted by atomic mass is 35.5. The van der Waals surface area contributed by atoms with Gasteiger partial charge in [-0.2, -0.15) is 13.2 Å². The van der Waals surface area contributed by atoms with Crippen LogP contribution in [0.4, 0.5) is 29.1 Å². The Bertz CT molecular complexity index is 877. The number of piperazine rings is 1. The monoisotopic (exact) mass is 437 g/mol. The average Bonchev–Trinajstić information content (AvgIpc) is 2.62. The molecule has 1 unspecified atom stereocenters. The molecule has 3 heterocycles. The summed E-state index contributed by atoms with van der Waals surface area (Å²) >= 11 is 5.66. The Hall–Kier alpha value is -1.68. The van der Waals surface area contributed by atoms with Crippen LogP contribution in [0.1, 0.15) is 23.0 Å². The Balaban J connectivity index is 0.00000225. The fourth-order valence-corrected chi connectivity index (χ4v) is 3.80. The first-order valence-corrected chi connectivity index (χ1v) is 8.85. The van der Waals surface area contributed by atoms with E-state index in [0.29, 0.717) is 12.0 Å². The molecule has 0 amide bonds. The lowest BCUT2D eigenvalue weighted by Crippen LogP contribution is -2.49. The summed E-state index contributed by atoms with van der Waals surface area (Å²) in [5, 5.41) is 5.54. The molecule has 4 rings (SSSR count). The number of halogens is 6. The maximum Gasteiger partial charge on any atom is 0.451 e. The highest BCUT2D eigenvalue weighted by Crippen LogP contribution is 2.36. The number of rotatable bonds is 2. The second-order valence-corrected chi connectivity index (χ2v) is 6.91. The number of hydrogen-bond acceptors (Lipinski definition) is 5. The van der Waals surface area contributed by atoms with Crippen molar-refractivity contribution in [1.82, 2.24) is 20.2 Å². The summed E-state index contributed by atoms with van der Waals surface area (Å²) in [6.45, 7) is 3.31. The molecular weight excluding hydrogens is 421 g/mol. The van der Waals surface area contributed by atoms with Crippen molar-refractivity contribution in [3.8, 4) is 0 Å². The van der Waals surface area contributed by atoms with Gasteiger partial charge in [0.1, 0.15) is 16.8 Å². The number of alkyl halides is 3. The molecule has 11 heteroatoms. The summed E-state index contributed by atoms with van der Waals surface area (Å²) in [5.41, 5.74) is 1.56. The Morgan fingerprint density at radius 1 is 1.21 bits per heavy atom. The molecule has 1 aromatic carbocycles. The zero-order valence-corrected chi connectivity index (χ0v) is 16.1. The summed E-state index contributed by atoms with van der Waals surface area (Å²) in [6.07, 6.45) is -4.20. The Morgan fingerprint density at radius 2 is 2.00 bits per heavy atom. The minimum Gasteiger partial charge on any atom is -0.338 e. The summed E-state index contributed by atoms with van der Waals surface area (Å²) < 4.78 is 53.6. The minimum absolute atomic E-state index is 0. The fraction of sp³-hybridized carbons (Fsp3) is 0.412. The predicted molar refractivity (Wildman–Crippen MR) is 99.9 cm³/mol. The molecule has 0 bridgehead atoms. The van der Waals surface area contributed by atoms with E-state index in [1.807, 2.05) is 6.07 Å². The molecule has 1 aromatic heterocycles. The van der Waals surface area contributed by atoms with Crippen LogP contribution in [0.3, 0.4) is 0 Å². The van der Waals surface area contributed by atoms with Gasteiger partial charge in [0.2, 0.25) is 5.82 Å². The van der Waals surface area contributed by atoms with E-state index < -0.39 is 17.8 Å². The second-order valence-electron chi connectivity index (χ2n) is 6.52. The fourth-order valence-electron chi connectivity index (χ4n) is 3.62. The molecule has 2 aliphatic heterocycles. The summed E-state index contributed by atoms with van der Waals surface area (Å²) in [4.78, 5) is 8.88. The first-order valence-electron chi connectivity index (χ1n) is 8.48. The number of benzene rings is 1. The molecule has 0 aliphatic carbocycles. The van der Waals surface area contributed by atoms with Gasteiger partial charge in [-0.25, -0.2) is 14.4 Å². The molecule has 1 atom stereocenters. The average molecular weight is 438 g/mol. The lowest BCUT2D eigenvalue weighted by Gasteiger charge is -2.41. The molecule has 2 N–H and O–H groups in total. The molecule has 0 saturated carbocycles. The zero-order valence-electron chi connectivity index (χ0n) is 14.5. The number of nitrogens with one attached hydrogen (secondary N) is 2. The first kappa shape index (κ1) is 21.0. The SMILES string of the molecule is Cl.Fc1c(Nc2cc(Cl)nc(C(F)(F)F)n2)ccc2c1CCN1CCNCC21. The van der Waals surface area contributed by atoms with E-state index in [-0.39, 0.29) is 35.1 Å². The van der Waals surface area contributed by atoms with Crippen LogP contribution in [0.5, 0.6) is 0 Å². The van der Waals surface area contributed by atoms with E-state index in [9.17, 15) is 13.2 Å². The van der Waals surface area contributed by atoms with Crippen LogP contribution in [0.25, 0.3) is 0 Å². The molecule has 152 valence electrons. The molecule has 2 aliphatic rings. The molecule has 0 spiro atoms. The maximum absolute atomic E-state index is 15.0. The quantitative estimate of drug-likeness (QED) is 0.550.